The van der Waals surface area contributed by atoms with E-state index in [-0.39, 0.29) is 17.8 Å². The summed E-state index contributed by atoms with van der Waals surface area (Å²) >= 11 is 6.00. The standard InChI is InChI=1S/C21H19ClFN3O2/c22-15-3-1-14(2-4-15)20-13-19(21(28)25-11-9-18(27)10-12-25)24-26(20)17-7-5-16(23)6-8-17/h1-8,13,18,27H,9-12H2. The number of hydrogen-bond acceptors (Lipinski definition) is 3. The first-order valence-electron chi connectivity index (χ1n) is 9.10. The molecule has 4 rings (SSSR count). The molecule has 1 N–H and O–H groups in total. The normalized spacial score (nSPS) is 15.0. The summed E-state index contributed by atoms with van der Waals surface area (Å²) in [7, 11) is 0. The molecule has 0 spiro atoms. The number of likely N-dealkylation sites (tertiary alicyclic amines) is 1. The molecule has 144 valence electrons. The second-order valence-electron chi connectivity index (χ2n) is 6.83. The van der Waals surface area contributed by atoms with Gasteiger partial charge in [0.15, 0.2) is 5.69 Å². The van der Waals surface area contributed by atoms with Crippen molar-refractivity contribution in [3.63, 3.8) is 0 Å². The van der Waals surface area contributed by atoms with Gasteiger partial charge in [0, 0.05) is 23.7 Å². The Morgan fingerprint density at radius 3 is 2.36 bits per heavy atom. The van der Waals surface area contributed by atoms with Crippen molar-refractivity contribution in [2.24, 2.45) is 0 Å². The summed E-state index contributed by atoms with van der Waals surface area (Å²) in [5.74, 6) is -0.518. The number of carbonyl (C=O) groups excluding carboxylic acids is 1. The third-order valence-electron chi connectivity index (χ3n) is 4.89. The van der Waals surface area contributed by atoms with E-state index in [2.05, 4.69) is 5.10 Å². The highest BCUT2D eigenvalue weighted by Gasteiger charge is 2.25. The molecule has 1 aromatic heterocycles. The number of piperidine rings is 1. The first kappa shape index (κ1) is 18.7. The summed E-state index contributed by atoms with van der Waals surface area (Å²) in [6.07, 6.45) is 0.772. The molecule has 1 aliphatic heterocycles. The highest BCUT2D eigenvalue weighted by molar-refractivity contribution is 6.30. The molecule has 0 radical (unpaired) electrons. The van der Waals surface area contributed by atoms with Crippen molar-refractivity contribution in [2.45, 2.75) is 18.9 Å². The fourth-order valence-corrected chi connectivity index (χ4v) is 3.45. The van der Waals surface area contributed by atoms with Crippen LogP contribution in [0.4, 0.5) is 4.39 Å². The van der Waals surface area contributed by atoms with Gasteiger partial charge in [-0.3, -0.25) is 4.79 Å². The van der Waals surface area contributed by atoms with Crippen molar-refractivity contribution in [1.82, 2.24) is 14.7 Å². The van der Waals surface area contributed by atoms with Crippen LogP contribution in [0.5, 0.6) is 0 Å². The second-order valence-corrected chi connectivity index (χ2v) is 7.27. The van der Waals surface area contributed by atoms with E-state index in [9.17, 15) is 14.3 Å². The monoisotopic (exact) mass is 399 g/mol. The Morgan fingerprint density at radius 1 is 1.07 bits per heavy atom. The predicted octanol–water partition coefficient (Wildman–Crippen LogP) is 3.93. The van der Waals surface area contributed by atoms with E-state index in [0.29, 0.717) is 48.0 Å². The number of carbonyl (C=O) groups is 1. The molecule has 5 nitrogen and oxygen atoms in total. The molecule has 1 fully saturated rings. The van der Waals surface area contributed by atoms with E-state index in [1.54, 1.807) is 39.9 Å². The van der Waals surface area contributed by atoms with Crippen LogP contribution in [0.2, 0.25) is 5.02 Å². The van der Waals surface area contributed by atoms with Gasteiger partial charge < -0.3 is 10.0 Å². The van der Waals surface area contributed by atoms with Crippen LogP contribution in [0.3, 0.4) is 0 Å². The summed E-state index contributed by atoms with van der Waals surface area (Å²) in [5.41, 5.74) is 2.52. The van der Waals surface area contributed by atoms with Crippen LogP contribution in [-0.2, 0) is 0 Å². The zero-order chi connectivity index (χ0) is 19.7. The smallest absolute Gasteiger partial charge is 0.274 e. The van der Waals surface area contributed by atoms with E-state index < -0.39 is 0 Å². The lowest BCUT2D eigenvalue weighted by Crippen LogP contribution is -2.40. The quantitative estimate of drug-likeness (QED) is 0.726. The maximum absolute atomic E-state index is 13.4. The predicted molar refractivity (Wildman–Crippen MR) is 105 cm³/mol. The summed E-state index contributed by atoms with van der Waals surface area (Å²) in [6, 6.07) is 14.9. The van der Waals surface area contributed by atoms with Crippen LogP contribution in [-0.4, -0.2) is 44.9 Å². The van der Waals surface area contributed by atoms with E-state index in [1.165, 1.54) is 12.1 Å². The van der Waals surface area contributed by atoms with Crippen LogP contribution in [0.25, 0.3) is 16.9 Å². The Bertz CT molecular complexity index is 915. The van der Waals surface area contributed by atoms with Gasteiger partial charge in [-0.25, -0.2) is 9.07 Å². The van der Waals surface area contributed by atoms with Crippen molar-refractivity contribution in [3.05, 3.63) is 71.1 Å². The lowest BCUT2D eigenvalue weighted by molar-refractivity contribution is 0.0541. The number of hydrogen-bond donors (Lipinski definition) is 1. The Balaban J connectivity index is 1.74. The van der Waals surface area contributed by atoms with E-state index >= 15 is 0 Å². The third-order valence-corrected chi connectivity index (χ3v) is 5.14. The fourth-order valence-electron chi connectivity index (χ4n) is 3.32. The number of aromatic nitrogens is 2. The third kappa shape index (κ3) is 3.79. The number of aliphatic hydroxyl groups excluding tert-OH is 1. The minimum Gasteiger partial charge on any atom is -0.393 e. The topological polar surface area (TPSA) is 58.4 Å². The van der Waals surface area contributed by atoms with Gasteiger partial charge in [-0.05, 0) is 55.3 Å². The minimum absolute atomic E-state index is 0.178. The molecule has 0 bridgehead atoms. The van der Waals surface area contributed by atoms with Gasteiger partial charge in [-0.1, -0.05) is 23.7 Å². The number of amides is 1. The maximum Gasteiger partial charge on any atom is 0.274 e. The van der Waals surface area contributed by atoms with Crippen LogP contribution < -0.4 is 0 Å². The molecule has 2 heterocycles. The number of benzene rings is 2. The minimum atomic E-state index is -0.356. The Labute approximate surface area is 167 Å². The summed E-state index contributed by atoms with van der Waals surface area (Å²) in [5, 5.41) is 14.8. The summed E-state index contributed by atoms with van der Waals surface area (Å²) in [6.45, 7) is 0.999. The molecular formula is C21H19ClFN3O2. The number of aliphatic hydroxyl groups is 1. The molecule has 3 aromatic rings. The fraction of sp³-hybridized carbons (Fsp3) is 0.238. The number of rotatable bonds is 3. The van der Waals surface area contributed by atoms with Crippen molar-refractivity contribution >= 4 is 17.5 Å². The van der Waals surface area contributed by atoms with Crippen LogP contribution in [0, 0.1) is 5.82 Å². The van der Waals surface area contributed by atoms with Crippen molar-refractivity contribution in [1.29, 1.82) is 0 Å². The number of nitrogens with zero attached hydrogens (tertiary/aromatic N) is 3. The lowest BCUT2D eigenvalue weighted by Gasteiger charge is -2.28. The van der Waals surface area contributed by atoms with Gasteiger partial charge in [-0.2, -0.15) is 5.10 Å². The van der Waals surface area contributed by atoms with Gasteiger partial charge >= 0.3 is 0 Å². The molecule has 0 atom stereocenters. The average molecular weight is 400 g/mol. The molecule has 2 aromatic carbocycles. The zero-order valence-electron chi connectivity index (χ0n) is 15.1. The summed E-state index contributed by atoms with van der Waals surface area (Å²) in [4.78, 5) is 14.6. The molecule has 28 heavy (non-hydrogen) atoms. The molecule has 1 saturated heterocycles. The van der Waals surface area contributed by atoms with Crippen molar-refractivity contribution in [2.75, 3.05) is 13.1 Å². The molecular weight excluding hydrogens is 381 g/mol. The van der Waals surface area contributed by atoms with Gasteiger partial charge in [-0.15, -0.1) is 0 Å². The Kier molecular flexibility index (Phi) is 5.15. The van der Waals surface area contributed by atoms with Crippen LogP contribution in [0.1, 0.15) is 23.3 Å². The Morgan fingerprint density at radius 2 is 1.71 bits per heavy atom. The number of halogens is 2. The zero-order valence-corrected chi connectivity index (χ0v) is 15.8. The van der Waals surface area contributed by atoms with E-state index in [4.69, 9.17) is 11.6 Å². The highest BCUT2D eigenvalue weighted by Crippen LogP contribution is 2.26. The van der Waals surface area contributed by atoms with Crippen molar-refractivity contribution in [3.8, 4) is 16.9 Å². The summed E-state index contributed by atoms with van der Waals surface area (Å²) < 4.78 is 15.0. The Hall–Kier alpha value is -2.70. The van der Waals surface area contributed by atoms with Gasteiger partial charge in [0.05, 0.1) is 17.5 Å². The van der Waals surface area contributed by atoms with Gasteiger partial charge in [0.25, 0.3) is 5.91 Å². The first-order valence-corrected chi connectivity index (χ1v) is 9.48. The maximum atomic E-state index is 13.4. The molecule has 0 unspecified atom stereocenters. The van der Waals surface area contributed by atoms with Crippen LogP contribution in [0.15, 0.2) is 54.6 Å². The molecule has 0 saturated carbocycles. The molecule has 7 heteroatoms. The van der Waals surface area contributed by atoms with Gasteiger partial charge in [0.1, 0.15) is 5.82 Å². The first-order chi connectivity index (χ1) is 13.5. The lowest BCUT2D eigenvalue weighted by atomic mass is 10.1. The second kappa shape index (κ2) is 7.73. The van der Waals surface area contributed by atoms with E-state index in [0.717, 1.165) is 5.56 Å². The van der Waals surface area contributed by atoms with Crippen LogP contribution >= 0.6 is 11.6 Å². The highest BCUT2D eigenvalue weighted by atomic mass is 35.5. The van der Waals surface area contributed by atoms with Crippen molar-refractivity contribution < 1.29 is 14.3 Å². The molecule has 1 aliphatic rings. The molecule has 1 amide bonds. The SMILES string of the molecule is O=C(c1cc(-c2ccc(Cl)cc2)n(-c2ccc(F)cc2)n1)N1CCC(O)CC1. The largest absolute Gasteiger partial charge is 0.393 e. The average Bonchev–Trinajstić information content (AvgIpc) is 3.14. The van der Waals surface area contributed by atoms with Gasteiger partial charge in [0.2, 0.25) is 0 Å². The molecule has 0 aliphatic carbocycles. The van der Waals surface area contributed by atoms with E-state index in [1.807, 2.05) is 12.1 Å².